The first kappa shape index (κ1) is 24.0. The number of nitrogens with one attached hydrogen (secondary N) is 1. The molecule has 0 aliphatic carbocycles. The van der Waals surface area contributed by atoms with Crippen LogP contribution in [0.5, 0.6) is 0 Å². The predicted molar refractivity (Wildman–Crippen MR) is 131 cm³/mol. The molecule has 3 aliphatic heterocycles. The number of halogens is 1. The summed E-state index contributed by atoms with van der Waals surface area (Å²) in [6.07, 6.45) is 1.03. The van der Waals surface area contributed by atoms with Crippen molar-refractivity contribution in [2.75, 3.05) is 18.4 Å². The third-order valence-electron chi connectivity index (χ3n) is 7.56. The number of amides is 3. The summed E-state index contributed by atoms with van der Waals surface area (Å²) in [4.78, 5) is 43.9. The summed E-state index contributed by atoms with van der Waals surface area (Å²) in [5.74, 6) is -1.25. The lowest BCUT2D eigenvalue weighted by Gasteiger charge is -2.39. The van der Waals surface area contributed by atoms with Crippen LogP contribution in [-0.4, -0.2) is 52.7 Å². The lowest BCUT2D eigenvalue weighted by atomic mass is 9.80. The second-order valence-electron chi connectivity index (χ2n) is 11.2. The molecule has 1 spiro atoms. The molecule has 3 aliphatic rings. The Morgan fingerprint density at radius 3 is 2.72 bits per heavy atom. The zero-order valence-corrected chi connectivity index (χ0v) is 20.7. The number of hydrogen-bond donors (Lipinski definition) is 1. The van der Waals surface area contributed by atoms with Crippen LogP contribution in [0.1, 0.15) is 55.1 Å². The zero-order chi connectivity index (χ0) is 25.8. The molecule has 3 atom stereocenters. The van der Waals surface area contributed by atoms with Crippen LogP contribution in [0.25, 0.3) is 0 Å². The SMILES string of the molecule is CC(C)(C)C[C@@H](C(=O)N1C[C@]2(CC1C#N)C(=O)Nc1ccccc12)N1CCc2cc(F)ccc2C1=O. The van der Waals surface area contributed by atoms with Crippen LogP contribution < -0.4 is 5.32 Å². The molecular formula is C28H29FN4O3. The summed E-state index contributed by atoms with van der Waals surface area (Å²) >= 11 is 0. The number of likely N-dealkylation sites (tertiary alicyclic amines) is 1. The van der Waals surface area contributed by atoms with E-state index >= 15 is 0 Å². The highest BCUT2D eigenvalue weighted by Crippen LogP contribution is 2.46. The van der Waals surface area contributed by atoms with Gasteiger partial charge in [0.1, 0.15) is 17.9 Å². The van der Waals surface area contributed by atoms with E-state index in [0.29, 0.717) is 29.7 Å². The van der Waals surface area contributed by atoms with Gasteiger partial charge in [0, 0.05) is 30.8 Å². The molecule has 5 rings (SSSR count). The average molecular weight is 489 g/mol. The van der Waals surface area contributed by atoms with E-state index in [0.717, 1.165) is 5.56 Å². The lowest BCUT2D eigenvalue weighted by molar-refractivity contribution is -0.137. The molecule has 3 heterocycles. The van der Waals surface area contributed by atoms with Crippen molar-refractivity contribution in [1.29, 1.82) is 5.26 Å². The highest BCUT2D eigenvalue weighted by molar-refractivity contribution is 6.07. The number of nitriles is 1. The fourth-order valence-electron chi connectivity index (χ4n) is 5.86. The van der Waals surface area contributed by atoms with Gasteiger partial charge in [-0.3, -0.25) is 14.4 Å². The minimum Gasteiger partial charge on any atom is -0.326 e. The molecular weight excluding hydrogens is 459 g/mol. The topological polar surface area (TPSA) is 93.5 Å². The van der Waals surface area contributed by atoms with Crippen molar-refractivity contribution in [2.24, 2.45) is 5.41 Å². The normalized spacial score (nSPS) is 23.8. The van der Waals surface area contributed by atoms with E-state index in [-0.39, 0.29) is 42.6 Å². The van der Waals surface area contributed by atoms with E-state index < -0.39 is 23.3 Å². The highest BCUT2D eigenvalue weighted by Gasteiger charge is 2.57. The number of para-hydroxylation sites is 1. The number of rotatable bonds is 3. The molecule has 1 N–H and O–H groups in total. The largest absolute Gasteiger partial charge is 0.326 e. The van der Waals surface area contributed by atoms with Crippen LogP contribution in [0.15, 0.2) is 42.5 Å². The van der Waals surface area contributed by atoms with Gasteiger partial charge in [-0.15, -0.1) is 0 Å². The molecule has 8 heteroatoms. The number of hydrogen-bond acceptors (Lipinski definition) is 4. The fraction of sp³-hybridized carbons (Fsp3) is 0.429. The van der Waals surface area contributed by atoms with Gasteiger partial charge in [-0.05, 0) is 53.6 Å². The number of carbonyl (C=O) groups excluding carboxylic acids is 3. The minimum atomic E-state index is -0.991. The number of fused-ring (bicyclic) bond motifs is 3. The maximum atomic E-state index is 14.2. The summed E-state index contributed by atoms with van der Waals surface area (Å²) in [7, 11) is 0. The van der Waals surface area contributed by atoms with E-state index in [4.69, 9.17) is 0 Å². The van der Waals surface area contributed by atoms with Crippen LogP contribution in [0, 0.1) is 22.6 Å². The molecule has 0 aromatic heterocycles. The summed E-state index contributed by atoms with van der Waals surface area (Å²) in [6.45, 7) is 6.36. The van der Waals surface area contributed by atoms with E-state index in [1.54, 1.807) is 4.90 Å². The first-order valence-electron chi connectivity index (χ1n) is 12.2. The first-order valence-corrected chi connectivity index (χ1v) is 12.2. The summed E-state index contributed by atoms with van der Waals surface area (Å²) in [5.41, 5.74) is 1.24. The standard InChI is InChI=1S/C28H29FN4O3/c1-27(2,3)14-23(32-11-10-17-12-18(29)8-9-20(17)24(32)34)25(35)33-16-28(13-19(33)15-30)21-6-4-5-7-22(21)31-26(28)36/h4-9,12,19,23H,10-11,13-14,16H2,1-3H3,(H,31,36)/t19?,23-,28-/m0/s1. The summed E-state index contributed by atoms with van der Waals surface area (Å²) in [6, 6.07) is 12.1. The van der Waals surface area contributed by atoms with Crippen molar-refractivity contribution >= 4 is 23.4 Å². The first-order chi connectivity index (χ1) is 17.0. The minimum absolute atomic E-state index is 0.0807. The Bertz CT molecular complexity index is 1310. The van der Waals surface area contributed by atoms with Crippen molar-refractivity contribution in [2.45, 2.75) is 57.5 Å². The van der Waals surface area contributed by atoms with Crippen LogP contribution in [-0.2, 0) is 21.4 Å². The number of benzene rings is 2. The van der Waals surface area contributed by atoms with Crippen molar-refractivity contribution in [3.63, 3.8) is 0 Å². The predicted octanol–water partition coefficient (Wildman–Crippen LogP) is 3.64. The third kappa shape index (κ3) is 3.83. The molecule has 1 saturated heterocycles. The van der Waals surface area contributed by atoms with Gasteiger partial charge < -0.3 is 15.1 Å². The van der Waals surface area contributed by atoms with Crippen molar-refractivity contribution in [3.8, 4) is 6.07 Å². The van der Waals surface area contributed by atoms with Crippen LogP contribution in [0.3, 0.4) is 0 Å². The zero-order valence-electron chi connectivity index (χ0n) is 20.7. The number of anilines is 1. The van der Waals surface area contributed by atoms with Crippen LogP contribution in [0.4, 0.5) is 10.1 Å². The van der Waals surface area contributed by atoms with Crippen LogP contribution >= 0.6 is 0 Å². The van der Waals surface area contributed by atoms with Gasteiger partial charge in [0.25, 0.3) is 5.91 Å². The van der Waals surface area contributed by atoms with Gasteiger partial charge in [0.2, 0.25) is 11.8 Å². The van der Waals surface area contributed by atoms with E-state index in [9.17, 15) is 24.0 Å². The second kappa shape index (κ2) is 8.44. The molecule has 36 heavy (non-hydrogen) atoms. The number of nitrogens with zero attached hydrogens (tertiary/aromatic N) is 3. The van der Waals surface area contributed by atoms with Crippen molar-refractivity contribution in [3.05, 3.63) is 65.0 Å². The van der Waals surface area contributed by atoms with Gasteiger partial charge in [0.05, 0.1) is 11.5 Å². The summed E-state index contributed by atoms with van der Waals surface area (Å²) < 4.78 is 13.7. The van der Waals surface area contributed by atoms with Gasteiger partial charge >= 0.3 is 0 Å². The van der Waals surface area contributed by atoms with Crippen molar-refractivity contribution in [1.82, 2.24) is 9.80 Å². The Morgan fingerprint density at radius 2 is 2.00 bits per heavy atom. The highest BCUT2D eigenvalue weighted by atomic mass is 19.1. The Balaban J connectivity index is 1.50. The molecule has 0 saturated carbocycles. The Morgan fingerprint density at radius 1 is 1.25 bits per heavy atom. The van der Waals surface area contributed by atoms with E-state index in [1.807, 2.05) is 45.0 Å². The lowest BCUT2D eigenvalue weighted by Crippen LogP contribution is -2.55. The third-order valence-corrected chi connectivity index (χ3v) is 7.56. The van der Waals surface area contributed by atoms with Crippen LogP contribution in [0.2, 0.25) is 0 Å². The van der Waals surface area contributed by atoms with E-state index in [1.165, 1.54) is 23.1 Å². The van der Waals surface area contributed by atoms with Gasteiger partial charge in [-0.2, -0.15) is 5.26 Å². The molecule has 2 aromatic carbocycles. The number of carbonyl (C=O) groups is 3. The second-order valence-corrected chi connectivity index (χ2v) is 11.2. The quantitative estimate of drug-likeness (QED) is 0.714. The molecule has 7 nitrogen and oxygen atoms in total. The molecule has 2 aromatic rings. The maximum absolute atomic E-state index is 14.2. The maximum Gasteiger partial charge on any atom is 0.254 e. The molecule has 186 valence electrons. The Kier molecular flexibility index (Phi) is 5.62. The molecule has 0 radical (unpaired) electrons. The Hall–Kier alpha value is -3.73. The van der Waals surface area contributed by atoms with Crippen molar-refractivity contribution < 1.29 is 18.8 Å². The molecule has 1 fully saturated rings. The monoisotopic (exact) mass is 488 g/mol. The molecule has 0 bridgehead atoms. The average Bonchev–Trinajstić information content (AvgIpc) is 3.35. The molecule has 1 unspecified atom stereocenters. The Labute approximate surface area is 209 Å². The fourth-order valence-corrected chi connectivity index (χ4v) is 5.86. The summed E-state index contributed by atoms with van der Waals surface area (Å²) in [5, 5.41) is 12.9. The smallest absolute Gasteiger partial charge is 0.254 e. The van der Waals surface area contributed by atoms with Gasteiger partial charge in [0.15, 0.2) is 0 Å². The van der Waals surface area contributed by atoms with Gasteiger partial charge in [-0.1, -0.05) is 39.0 Å². The van der Waals surface area contributed by atoms with E-state index in [2.05, 4.69) is 11.4 Å². The van der Waals surface area contributed by atoms with Gasteiger partial charge in [-0.25, -0.2) is 4.39 Å². The molecule has 3 amide bonds.